The van der Waals surface area contributed by atoms with Crippen molar-refractivity contribution in [2.75, 3.05) is 6.54 Å². The van der Waals surface area contributed by atoms with Crippen LogP contribution in [0.2, 0.25) is 0 Å². The summed E-state index contributed by atoms with van der Waals surface area (Å²) >= 11 is 0. The van der Waals surface area contributed by atoms with Crippen molar-refractivity contribution in [3.63, 3.8) is 0 Å². The summed E-state index contributed by atoms with van der Waals surface area (Å²) in [5.41, 5.74) is 4.20. The maximum absolute atomic E-state index is 3.78. The molecule has 1 nitrogen and oxygen atoms in total. The van der Waals surface area contributed by atoms with E-state index in [0.29, 0.717) is 5.41 Å². The van der Waals surface area contributed by atoms with Gasteiger partial charge in [0, 0.05) is 18.0 Å². The Morgan fingerprint density at radius 2 is 1.78 bits per heavy atom. The van der Waals surface area contributed by atoms with Gasteiger partial charge in [0.15, 0.2) is 0 Å². The van der Waals surface area contributed by atoms with Crippen LogP contribution in [0, 0.1) is 12.3 Å². The van der Waals surface area contributed by atoms with Crippen molar-refractivity contribution < 1.29 is 0 Å². The summed E-state index contributed by atoms with van der Waals surface area (Å²) in [6.45, 7) is 3.39. The first-order valence-corrected chi connectivity index (χ1v) is 7.50. The number of rotatable bonds is 4. The summed E-state index contributed by atoms with van der Waals surface area (Å²) in [5.74, 6) is 0. The number of nitrogens with one attached hydrogen (secondary N) is 1. The number of hydrogen-bond donors (Lipinski definition) is 1. The molecule has 0 radical (unpaired) electrons. The van der Waals surface area contributed by atoms with E-state index in [4.69, 9.17) is 0 Å². The zero-order valence-electron chi connectivity index (χ0n) is 11.3. The van der Waals surface area contributed by atoms with Gasteiger partial charge in [-0.25, -0.2) is 0 Å². The SMILES string of the molecule is Cc1ccc(C2(CNC3CC3)CC3(CC3)C2)cc1. The third-order valence-electron chi connectivity index (χ3n) is 5.35. The van der Waals surface area contributed by atoms with E-state index in [-0.39, 0.29) is 0 Å². The summed E-state index contributed by atoms with van der Waals surface area (Å²) < 4.78 is 0. The summed E-state index contributed by atoms with van der Waals surface area (Å²) in [6.07, 6.45) is 8.64. The van der Waals surface area contributed by atoms with Crippen molar-refractivity contribution in [3.8, 4) is 0 Å². The van der Waals surface area contributed by atoms with Crippen LogP contribution in [0.4, 0.5) is 0 Å². The molecule has 1 heteroatoms. The Balaban J connectivity index is 1.55. The second-order valence-electron chi connectivity index (χ2n) is 7.16. The molecule has 0 aliphatic heterocycles. The second kappa shape index (κ2) is 3.60. The molecule has 3 fully saturated rings. The van der Waals surface area contributed by atoms with Crippen LogP contribution in [0.15, 0.2) is 24.3 Å². The van der Waals surface area contributed by atoms with Crippen LogP contribution in [-0.2, 0) is 5.41 Å². The molecule has 0 amide bonds. The van der Waals surface area contributed by atoms with E-state index >= 15 is 0 Å². The molecule has 3 saturated carbocycles. The van der Waals surface area contributed by atoms with Crippen molar-refractivity contribution in [3.05, 3.63) is 35.4 Å². The number of benzene rings is 1. The summed E-state index contributed by atoms with van der Waals surface area (Å²) in [6, 6.07) is 10.2. The topological polar surface area (TPSA) is 12.0 Å². The maximum atomic E-state index is 3.78. The fourth-order valence-electron chi connectivity index (χ4n) is 3.88. The molecule has 18 heavy (non-hydrogen) atoms. The minimum atomic E-state index is 0.465. The molecule has 0 saturated heterocycles. The first-order valence-electron chi connectivity index (χ1n) is 7.50. The van der Waals surface area contributed by atoms with Gasteiger partial charge in [0.2, 0.25) is 0 Å². The molecule has 0 unspecified atom stereocenters. The highest BCUT2D eigenvalue weighted by molar-refractivity contribution is 5.35. The Hall–Kier alpha value is -0.820. The average Bonchev–Trinajstić information content (AvgIpc) is 3.20. The molecule has 1 spiro atoms. The van der Waals surface area contributed by atoms with Gasteiger partial charge in [0.05, 0.1) is 0 Å². The summed E-state index contributed by atoms with van der Waals surface area (Å²) in [5, 5.41) is 3.78. The number of hydrogen-bond acceptors (Lipinski definition) is 1. The standard InChI is InChI=1S/C17H23N/c1-13-2-4-14(5-3-13)17(12-18-15-6-7-15)10-16(11-17)8-9-16/h2-5,15,18H,6-12H2,1H3. The fraction of sp³-hybridized carbons (Fsp3) is 0.647. The average molecular weight is 241 g/mol. The highest BCUT2D eigenvalue weighted by Gasteiger charge is 2.61. The minimum Gasteiger partial charge on any atom is -0.313 e. The largest absolute Gasteiger partial charge is 0.313 e. The van der Waals surface area contributed by atoms with E-state index in [1.165, 1.54) is 50.6 Å². The van der Waals surface area contributed by atoms with Crippen LogP contribution in [0.1, 0.15) is 49.7 Å². The van der Waals surface area contributed by atoms with Crippen LogP contribution in [0.25, 0.3) is 0 Å². The molecule has 0 heterocycles. The summed E-state index contributed by atoms with van der Waals surface area (Å²) in [7, 11) is 0. The third-order valence-corrected chi connectivity index (χ3v) is 5.35. The van der Waals surface area contributed by atoms with Crippen molar-refractivity contribution in [1.82, 2.24) is 5.32 Å². The Labute approximate surface area is 110 Å². The molecular formula is C17H23N. The molecule has 1 N–H and O–H groups in total. The van der Waals surface area contributed by atoms with Crippen LogP contribution in [0.5, 0.6) is 0 Å². The zero-order chi connectivity index (χ0) is 12.2. The van der Waals surface area contributed by atoms with Gasteiger partial charge in [-0.2, -0.15) is 0 Å². The molecule has 3 aliphatic rings. The highest BCUT2D eigenvalue weighted by atomic mass is 15.0. The lowest BCUT2D eigenvalue weighted by Gasteiger charge is -2.50. The zero-order valence-corrected chi connectivity index (χ0v) is 11.3. The number of aryl methyl sites for hydroxylation is 1. The Bertz CT molecular complexity index is 443. The minimum absolute atomic E-state index is 0.465. The highest BCUT2D eigenvalue weighted by Crippen LogP contribution is 2.68. The molecule has 1 aromatic carbocycles. The lowest BCUT2D eigenvalue weighted by atomic mass is 9.56. The van der Waals surface area contributed by atoms with Crippen molar-refractivity contribution in [2.24, 2.45) is 5.41 Å². The van der Waals surface area contributed by atoms with Crippen molar-refractivity contribution in [2.45, 2.75) is 56.9 Å². The lowest BCUT2D eigenvalue weighted by Crippen LogP contribution is -2.50. The predicted molar refractivity (Wildman–Crippen MR) is 74.8 cm³/mol. The smallest absolute Gasteiger partial charge is 0.00884 e. The van der Waals surface area contributed by atoms with Gasteiger partial charge in [-0.15, -0.1) is 0 Å². The molecule has 0 aromatic heterocycles. The van der Waals surface area contributed by atoms with Gasteiger partial charge in [-0.1, -0.05) is 29.8 Å². The van der Waals surface area contributed by atoms with Gasteiger partial charge < -0.3 is 5.32 Å². The molecule has 0 bridgehead atoms. The Morgan fingerprint density at radius 3 is 2.33 bits per heavy atom. The Kier molecular flexibility index (Phi) is 2.21. The normalized spacial score (nSPS) is 26.9. The van der Waals surface area contributed by atoms with Crippen LogP contribution >= 0.6 is 0 Å². The van der Waals surface area contributed by atoms with E-state index in [9.17, 15) is 0 Å². The van der Waals surface area contributed by atoms with Gasteiger partial charge in [-0.3, -0.25) is 0 Å². The van der Waals surface area contributed by atoms with E-state index < -0.39 is 0 Å². The predicted octanol–water partition coefficient (Wildman–Crippen LogP) is 3.56. The Morgan fingerprint density at radius 1 is 1.11 bits per heavy atom. The van der Waals surface area contributed by atoms with Crippen LogP contribution in [0.3, 0.4) is 0 Å². The monoisotopic (exact) mass is 241 g/mol. The van der Waals surface area contributed by atoms with Gasteiger partial charge in [0.1, 0.15) is 0 Å². The fourth-order valence-corrected chi connectivity index (χ4v) is 3.88. The van der Waals surface area contributed by atoms with E-state index in [1.54, 1.807) is 5.56 Å². The molecule has 3 aliphatic carbocycles. The van der Waals surface area contributed by atoms with Crippen LogP contribution in [-0.4, -0.2) is 12.6 Å². The van der Waals surface area contributed by atoms with Crippen molar-refractivity contribution in [1.29, 1.82) is 0 Å². The molecule has 0 atom stereocenters. The van der Waals surface area contributed by atoms with Crippen molar-refractivity contribution >= 4 is 0 Å². The van der Waals surface area contributed by atoms with Gasteiger partial charge in [-0.05, 0) is 56.4 Å². The lowest BCUT2D eigenvalue weighted by molar-refractivity contribution is 0.116. The van der Waals surface area contributed by atoms with Gasteiger partial charge >= 0.3 is 0 Å². The van der Waals surface area contributed by atoms with E-state index in [2.05, 4.69) is 36.5 Å². The first-order chi connectivity index (χ1) is 8.70. The maximum Gasteiger partial charge on any atom is 0.00884 e. The second-order valence-corrected chi connectivity index (χ2v) is 7.16. The quantitative estimate of drug-likeness (QED) is 0.850. The molecule has 96 valence electrons. The first kappa shape index (κ1) is 11.0. The van der Waals surface area contributed by atoms with Crippen LogP contribution < -0.4 is 5.32 Å². The molecule has 4 rings (SSSR count). The molecule has 1 aromatic rings. The van der Waals surface area contributed by atoms with E-state index in [0.717, 1.165) is 11.5 Å². The van der Waals surface area contributed by atoms with E-state index in [1.807, 2.05) is 0 Å². The molecular weight excluding hydrogens is 218 g/mol. The third kappa shape index (κ3) is 1.80. The van der Waals surface area contributed by atoms with Gasteiger partial charge in [0.25, 0.3) is 0 Å². The summed E-state index contributed by atoms with van der Waals surface area (Å²) in [4.78, 5) is 0.